The molecule has 8 nitrogen and oxygen atoms in total. The highest BCUT2D eigenvalue weighted by Gasteiger charge is 2.31. The summed E-state index contributed by atoms with van der Waals surface area (Å²) in [5.41, 5.74) is 5.01. The van der Waals surface area contributed by atoms with Crippen LogP contribution in [0.3, 0.4) is 0 Å². The monoisotopic (exact) mass is 494 g/mol. The van der Waals surface area contributed by atoms with Gasteiger partial charge in [-0.25, -0.2) is 22.7 Å². The molecule has 4 rings (SSSR count). The van der Waals surface area contributed by atoms with Crippen LogP contribution >= 0.6 is 0 Å². The molecule has 0 bridgehead atoms. The van der Waals surface area contributed by atoms with Gasteiger partial charge in [0.15, 0.2) is 0 Å². The number of ether oxygens (including phenoxy) is 2. The topological polar surface area (TPSA) is 111 Å². The summed E-state index contributed by atoms with van der Waals surface area (Å²) in [5.74, 6) is -1.74. The molecule has 9 heteroatoms. The second-order valence-electron chi connectivity index (χ2n) is 8.13. The minimum atomic E-state index is -3.91. The summed E-state index contributed by atoms with van der Waals surface area (Å²) in [6, 6.07) is 23.3. The number of sulfonamides is 1. The molecule has 0 saturated heterocycles. The SMILES string of the molecule is COC(=O)[C@H](CS(=O)(=O)NCc1ccccc1)NC(=O)OCC1c2ccccc2-c2ccccc21. The molecule has 1 aliphatic rings. The molecule has 1 aliphatic carbocycles. The third-order valence-corrected chi connectivity index (χ3v) is 7.20. The van der Waals surface area contributed by atoms with Gasteiger partial charge in [-0.05, 0) is 27.8 Å². The lowest BCUT2D eigenvalue weighted by molar-refractivity contribution is -0.142. The van der Waals surface area contributed by atoms with Crippen molar-refractivity contribution in [3.05, 3.63) is 95.6 Å². The minimum absolute atomic E-state index is 0.0345. The van der Waals surface area contributed by atoms with Crippen LogP contribution in [0.15, 0.2) is 78.9 Å². The molecule has 0 radical (unpaired) electrons. The molecule has 1 amide bonds. The van der Waals surface area contributed by atoms with Gasteiger partial charge >= 0.3 is 12.1 Å². The summed E-state index contributed by atoms with van der Waals surface area (Å²) in [7, 11) is -2.79. The van der Waals surface area contributed by atoms with Gasteiger partial charge in [-0.1, -0.05) is 78.9 Å². The Kier molecular flexibility index (Phi) is 7.48. The van der Waals surface area contributed by atoms with Crippen LogP contribution in [0.2, 0.25) is 0 Å². The molecule has 0 aliphatic heterocycles. The Morgan fingerprint density at radius 1 is 0.886 bits per heavy atom. The number of esters is 1. The second-order valence-corrected chi connectivity index (χ2v) is 9.99. The van der Waals surface area contributed by atoms with Gasteiger partial charge in [0.05, 0.1) is 12.9 Å². The van der Waals surface area contributed by atoms with Crippen LogP contribution in [0.1, 0.15) is 22.6 Å². The number of methoxy groups -OCH3 is 1. The smallest absolute Gasteiger partial charge is 0.407 e. The molecular formula is C26H26N2O6S. The predicted octanol–water partition coefficient (Wildman–Crippen LogP) is 3.19. The van der Waals surface area contributed by atoms with E-state index in [1.807, 2.05) is 54.6 Å². The van der Waals surface area contributed by atoms with Crippen molar-refractivity contribution in [1.82, 2.24) is 10.0 Å². The number of hydrogen-bond acceptors (Lipinski definition) is 6. The molecule has 0 spiro atoms. The zero-order valence-electron chi connectivity index (χ0n) is 19.1. The molecular weight excluding hydrogens is 468 g/mol. The molecule has 1 atom stereocenters. The van der Waals surface area contributed by atoms with Crippen molar-refractivity contribution in [1.29, 1.82) is 0 Å². The number of nitrogens with one attached hydrogen (secondary N) is 2. The minimum Gasteiger partial charge on any atom is -0.467 e. The van der Waals surface area contributed by atoms with Crippen molar-refractivity contribution in [2.24, 2.45) is 0 Å². The van der Waals surface area contributed by atoms with Crippen molar-refractivity contribution in [3.8, 4) is 11.1 Å². The summed E-state index contributed by atoms with van der Waals surface area (Å²) in [6.07, 6.45) is -0.902. The van der Waals surface area contributed by atoms with Crippen molar-refractivity contribution < 1.29 is 27.5 Å². The van der Waals surface area contributed by atoms with E-state index in [-0.39, 0.29) is 19.1 Å². The van der Waals surface area contributed by atoms with Crippen LogP contribution in [0.5, 0.6) is 0 Å². The van der Waals surface area contributed by atoms with Crippen LogP contribution < -0.4 is 10.0 Å². The van der Waals surface area contributed by atoms with Gasteiger partial charge in [-0.2, -0.15) is 0 Å². The molecule has 0 aromatic heterocycles. The molecule has 0 saturated carbocycles. The number of carbonyl (C=O) groups excluding carboxylic acids is 2. The summed E-state index contributed by atoms with van der Waals surface area (Å²) in [5, 5.41) is 2.34. The molecule has 2 N–H and O–H groups in total. The molecule has 182 valence electrons. The first kappa shape index (κ1) is 24.4. The normalized spacial score (nSPS) is 13.4. The van der Waals surface area contributed by atoms with Crippen molar-refractivity contribution in [3.63, 3.8) is 0 Å². The fraction of sp³-hybridized carbons (Fsp3) is 0.231. The molecule has 0 unspecified atom stereocenters. The Hall–Kier alpha value is -3.69. The van der Waals surface area contributed by atoms with Gasteiger partial charge in [-0.3, -0.25) is 0 Å². The van der Waals surface area contributed by atoms with Gasteiger partial charge in [0, 0.05) is 12.5 Å². The van der Waals surface area contributed by atoms with Gasteiger partial charge in [0.2, 0.25) is 10.0 Å². The quantitative estimate of drug-likeness (QED) is 0.442. The Morgan fingerprint density at radius 3 is 2.06 bits per heavy atom. The van der Waals surface area contributed by atoms with Crippen LogP contribution in [0, 0.1) is 0 Å². The van der Waals surface area contributed by atoms with E-state index >= 15 is 0 Å². The maximum atomic E-state index is 12.6. The van der Waals surface area contributed by atoms with Crippen molar-refractivity contribution in [2.75, 3.05) is 19.5 Å². The van der Waals surface area contributed by atoms with E-state index in [2.05, 4.69) is 10.0 Å². The second kappa shape index (κ2) is 10.7. The van der Waals surface area contributed by atoms with E-state index in [0.29, 0.717) is 0 Å². The first-order valence-electron chi connectivity index (χ1n) is 11.1. The zero-order valence-corrected chi connectivity index (χ0v) is 20.0. The van der Waals surface area contributed by atoms with E-state index < -0.39 is 33.9 Å². The van der Waals surface area contributed by atoms with E-state index in [1.54, 1.807) is 24.3 Å². The van der Waals surface area contributed by atoms with E-state index in [9.17, 15) is 18.0 Å². The number of fused-ring (bicyclic) bond motifs is 3. The highest BCUT2D eigenvalue weighted by Crippen LogP contribution is 2.44. The largest absolute Gasteiger partial charge is 0.467 e. The summed E-state index contributed by atoms with van der Waals surface area (Å²) >= 11 is 0. The number of carbonyl (C=O) groups is 2. The maximum absolute atomic E-state index is 12.6. The zero-order chi connectivity index (χ0) is 24.8. The third kappa shape index (κ3) is 5.87. The molecule has 0 heterocycles. The van der Waals surface area contributed by atoms with Crippen molar-refractivity contribution >= 4 is 22.1 Å². The average molecular weight is 495 g/mol. The van der Waals surface area contributed by atoms with E-state index in [4.69, 9.17) is 9.47 Å². The third-order valence-electron chi connectivity index (χ3n) is 5.85. The lowest BCUT2D eigenvalue weighted by Gasteiger charge is -2.19. The van der Waals surface area contributed by atoms with E-state index in [0.717, 1.165) is 34.9 Å². The molecule has 3 aromatic carbocycles. The van der Waals surface area contributed by atoms with Crippen molar-refractivity contribution in [2.45, 2.75) is 18.5 Å². The van der Waals surface area contributed by atoms with Gasteiger partial charge in [0.1, 0.15) is 12.6 Å². The fourth-order valence-corrected chi connectivity index (χ4v) is 5.32. The van der Waals surface area contributed by atoms with Gasteiger partial charge in [-0.15, -0.1) is 0 Å². The van der Waals surface area contributed by atoms with Gasteiger partial charge in [0.25, 0.3) is 0 Å². The summed E-state index contributed by atoms with van der Waals surface area (Å²) < 4.78 is 37.6. The first-order chi connectivity index (χ1) is 16.9. The first-order valence-corrected chi connectivity index (χ1v) is 12.7. The maximum Gasteiger partial charge on any atom is 0.407 e. The Balaban J connectivity index is 1.39. The number of rotatable bonds is 9. The van der Waals surface area contributed by atoms with Crippen LogP contribution in [-0.4, -0.2) is 46.0 Å². The van der Waals surface area contributed by atoms with E-state index in [1.165, 1.54) is 0 Å². The van der Waals surface area contributed by atoms with Crippen LogP contribution in [-0.2, 0) is 30.8 Å². The molecule has 0 fully saturated rings. The Labute approximate surface area is 204 Å². The fourth-order valence-electron chi connectivity index (χ4n) is 4.16. The lowest BCUT2D eigenvalue weighted by atomic mass is 9.98. The summed E-state index contributed by atoms with van der Waals surface area (Å²) in [4.78, 5) is 24.8. The Morgan fingerprint density at radius 2 is 1.46 bits per heavy atom. The number of amides is 1. The standard InChI is InChI=1S/C26H26N2O6S/c1-33-25(29)24(17-35(31,32)27-15-18-9-3-2-4-10-18)28-26(30)34-16-23-21-13-7-5-11-19(21)20-12-6-8-14-22(20)23/h2-14,23-24,27H,15-17H2,1H3,(H,28,30)/t24-/m0/s1. The predicted molar refractivity (Wildman–Crippen MR) is 131 cm³/mol. The summed E-state index contributed by atoms with van der Waals surface area (Å²) in [6.45, 7) is 0.0920. The number of hydrogen-bond donors (Lipinski definition) is 2. The van der Waals surface area contributed by atoms with Crippen LogP contribution in [0.4, 0.5) is 4.79 Å². The average Bonchev–Trinajstić information content (AvgIpc) is 3.19. The van der Waals surface area contributed by atoms with Gasteiger partial charge < -0.3 is 14.8 Å². The molecule has 3 aromatic rings. The number of benzene rings is 3. The number of alkyl carbamates (subject to hydrolysis) is 1. The van der Waals surface area contributed by atoms with Crippen LogP contribution in [0.25, 0.3) is 11.1 Å². The lowest BCUT2D eigenvalue weighted by Crippen LogP contribution is -2.48. The highest BCUT2D eigenvalue weighted by atomic mass is 32.2. The highest BCUT2D eigenvalue weighted by molar-refractivity contribution is 7.89. The Bertz CT molecular complexity index is 1260. The molecule has 35 heavy (non-hydrogen) atoms.